The molecule has 1 aliphatic heterocycles. The fraction of sp³-hybridized carbons (Fsp3) is 0.556. The molecule has 0 radical (unpaired) electrons. The van der Waals surface area contributed by atoms with Crippen LogP contribution in [0.2, 0.25) is 0 Å². The molecule has 0 unspecified atom stereocenters. The number of nitrogens with two attached hydrogens (primary N) is 1. The van der Waals surface area contributed by atoms with Crippen molar-refractivity contribution >= 4 is 29.9 Å². The van der Waals surface area contributed by atoms with E-state index in [1.165, 1.54) is 0 Å². The predicted octanol–water partition coefficient (Wildman–Crippen LogP) is 2.93. The van der Waals surface area contributed by atoms with Gasteiger partial charge < -0.3 is 16.0 Å². The third kappa shape index (κ3) is 5.49. The van der Waals surface area contributed by atoms with Crippen molar-refractivity contribution in [2.24, 2.45) is 11.1 Å². The van der Waals surface area contributed by atoms with Crippen LogP contribution in [0, 0.1) is 5.41 Å². The molecular formula is C18H28ClN3O2. The lowest BCUT2D eigenvalue weighted by Gasteiger charge is -2.27. The summed E-state index contributed by atoms with van der Waals surface area (Å²) in [5.41, 5.74) is 7.43. The Morgan fingerprint density at radius 2 is 2.04 bits per heavy atom. The summed E-state index contributed by atoms with van der Waals surface area (Å²) < 4.78 is 0. The molecule has 0 aromatic heterocycles. The van der Waals surface area contributed by atoms with Gasteiger partial charge in [-0.25, -0.2) is 0 Å². The van der Waals surface area contributed by atoms with Gasteiger partial charge in [0.05, 0.1) is 6.04 Å². The van der Waals surface area contributed by atoms with E-state index in [1.807, 2.05) is 49.9 Å². The Morgan fingerprint density at radius 1 is 1.33 bits per heavy atom. The van der Waals surface area contributed by atoms with Crippen LogP contribution in [-0.2, 0) is 16.1 Å². The van der Waals surface area contributed by atoms with Gasteiger partial charge in [0.25, 0.3) is 0 Å². The van der Waals surface area contributed by atoms with Crippen LogP contribution in [0.1, 0.15) is 45.6 Å². The van der Waals surface area contributed by atoms with Gasteiger partial charge in [-0.3, -0.25) is 9.59 Å². The van der Waals surface area contributed by atoms with E-state index < -0.39 is 6.04 Å². The number of anilines is 1. The zero-order valence-electron chi connectivity index (χ0n) is 14.7. The maximum absolute atomic E-state index is 12.2. The Balaban J connectivity index is 0.00000288. The number of halogens is 1. The first-order valence-electron chi connectivity index (χ1n) is 8.20. The fourth-order valence-electron chi connectivity index (χ4n) is 2.61. The van der Waals surface area contributed by atoms with Crippen molar-refractivity contribution in [1.29, 1.82) is 0 Å². The van der Waals surface area contributed by atoms with Crippen LogP contribution in [0.3, 0.4) is 0 Å². The van der Waals surface area contributed by atoms with Crippen molar-refractivity contribution in [1.82, 2.24) is 4.90 Å². The summed E-state index contributed by atoms with van der Waals surface area (Å²) in [6.45, 7) is 7.22. The first kappa shape index (κ1) is 20.5. The maximum atomic E-state index is 12.2. The molecule has 24 heavy (non-hydrogen) atoms. The van der Waals surface area contributed by atoms with Crippen molar-refractivity contribution in [2.45, 2.75) is 52.6 Å². The number of likely N-dealkylation sites (tertiary alicyclic amines) is 1. The summed E-state index contributed by atoms with van der Waals surface area (Å²) >= 11 is 0. The van der Waals surface area contributed by atoms with Crippen LogP contribution in [0.4, 0.5) is 5.69 Å². The van der Waals surface area contributed by atoms with Gasteiger partial charge >= 0.3 is 0 Å². The highest BCUT2D eigenvalue weighted by atomic mass is 35.5. The third-order valence-electron chi connectivity index (χ3n) is 4.20. The van der Waals surface area contributed by atoms with E-state index in [9.17, 15) is 9.59 Å². The normalized spacial score (nSPS) is 16.3. The lowest BCUT2D eigenvalue weighted by molar-refractivity contribution is -0.133. The summed E-state index contributed by atoms with van der Waals surface area (Å²) in [5.74, 6) is 0.0177. The molecule has 1 saturated heterocycles. The first-order chi connectivity index (χ1) is 10.8. The SMILES string of the molecule is CC(C)(C)[C@H](N)C(=O)Nc1cccc(CN2CCCCC2=O)c1.Cl. The largest absolute Gasteiger partial charge is 0.338 e. The van der Waals surface area contributed by atoms with Gasteiger partial charge in [0.15, 0.2) is 0 Å². The molecule has 6 heteroatoms. The van der Waals surface area contributed by atoms with Crippen molar-refractivity contribution in [2.75, 3.05) is 11.9 Å². The molecule has 1 aromatic rings. The topological polar surface area (TPSA) is 75.4 Å². The quantitative estimate of drug-likeness (QED) is 0.873. The van der Waals surface area contributed by atoms with Crippen molar-refractivity contribution < 1.29 is 9.59 Å². The van der Waals surface area contributed by atoms with Crippen molar-refractivity contribution in [3.8, 4) is 0 Å². The summed E-state index contributed by atoms with van der Waals surface area (Å²) in [7, 11) is 0. The Bertz CT molecular complexity index is 584. The Morgan fingerprint density at radius 3 is 2.67 bits per heavy atom. The van der Waals surface area contributed by atoms with Gasteiger partial charge in [0, 0.05) is 25.2 Å². The van der Waals surface area contributed by atoms with Crippen LogP contribution >= 0.6 is 12.4 Å². The van der Waals surface area contributed by atoms with E-state index in [0.29, 0.717) is 13.0 Å². The van der Waals surface area contributed by atoms with Gasteiger partial charge in [-0.15, -0.1) is 12.4 Å². The number of carbonyl (C=O) groups excluding carboxylic acids is 2. The number of hydrogen-bond acceptors (Lipinski definition) is 3. The molecule has 1 heterocycles. The zero-order valence-corrected chi connectivity index (χ0v) is 15.5. The molecule has 2 rings (SSSR count). The van der Waals surface area contributed by atoms with Gasteiger partial charge in [-0.2, -0.15) is 0 Å². The lowest BCUT2D eigenvalue weighted by Crippen LogP contribution is -2.45. The zero-order chi connectivity index (χ0) is 17.0. The molecule has 0 bridgehead atoms. The van der Waals surface area contributed by atoms with Crippen LogP contribution in [0.15, 0.2) is 24.3 Å². The maximum Gasteiger partial charge on any atom is 0.241 e. The summed E-state index contributed by atoms with van der Waals surface area (Å²) in [6.07, 6.45) is 2.68. The van der Waals surface area contributed by atoms with Crippen LogP contribution in [0.25, 0.3) is 0 Å². The fourth-order valence-corrected chi connectivity index (χ4v) is 2.61. The number of amides is 2. The number of hydrogen-bond donors (Lipinski definition) is 2. The molecule has 2 amide bonds. The van der Waals surface area contributed by atoms with E-state index >= 15 is 0 Å². The molecule has 1 fully saturated rings. The molecule has 1 aliphatic rings. The first-order valence-corrected chi connectivity index (χ1v) is 8.20. The van der Waals surface area contributed by atoms with Gasteiger partial charge in [0.1, 0.15) is 0 Å². The molecule has 1 aromatic carbocycles. The molecule has 5 nitrogen and oxygen atoms in total. The minimum Gasteiger partial charge on any atom is -0.338 e. The number of nitrogens with one attached hydrogen (secondary N) is 1. The number of rotatable bonds is 4. The van der Waals surface area contributed by atoms with E-state index in [-0.39, 0.29) is 29.6 Å². The summed E-state index contributed by atoms with van der Waals surface area (Å²) in [5, 5.41) is 2.87. The standard InChI is InChI=1S/C18H27N3O2.ClH/c1-18(2,3)16(19)17(23)20-14-8-6-7-13(11-14)12-21-10-5-4-9-15(21)22;/h6-8,11,16H,4-5,9-10,12,19H2,1-3H3,(H,20,23);1H/t16-;/m1./s1. The summed E-state index contributed by atoms with van der Waals surface area (Å²) in [4.78, 5) is 26.0. The Kier molecular flexibility index (Phi) is 7.24. The van der Waals surface area contributed by atoms with Crippen LogP contribution < -0.4 is 11.1 Å². The molecular weight excluding hydrogens is 326 g/mol. The number of piperidine rings is 1. The number of carbonyl (C=O) groups is 2. The molecule has 3 N–H and O–H groups in total. The molecule has 0 spiro atoms. The monoisotopic (exact) mass is 353 g/mol. The number of nitrogens with zero attached hydrogens (tertiary/aromatic N) is 1. The van der Waals surface area contributed by atoms with Crippen LogP contribution in [0.5, 0.6) is 0 Å². The highest BCUT2D eigenvalue weighted by Crippen LogP contribution is 2.20. The molecule has 134 valence electrons. The van der Waals surface area contributed by atoms with Crippen LogP contribution in [-0.4, -0.2) is 29.3 Å². The van der Waals surface area contributed by atoms with E-state index in [1.54, 1.807) is 0 Å². The second kappa shape index (κ2) is 8.49. The average molecular weight is 354 g/mol. The molecule has 0 saturated carbocycles. The average Bonchev–Trinajstić information content (AvgIpc) is 2.48. The Hall–Kier alpha value is -1.59. The molecule has 1 atom stereocenters. The lowest BCUT2D eigenvalue weighted by atomic mass is 9.87. The highest BCUT2D eigenvalue weighted by molar-refractivity contribution is 5.95. The van der Waals surface area contributed by atoms with Gasteiger partial charge in [-0.05, 0) is 36.0 Å². The molecule has 0 aliphatic carbocycles. The second-order valence-electron chi connectivity index (χ2n) is 7.31. The van der Waals surface area contributed by atoms with Gasteiger partial charge in [-0.1, -0.05) is 32.9 Å². The smallest absolute Gasteiger partial charge is 0.241 e. The second-order valence-corrected chi connectivity index (χ2v) is 7.31. The van der Waals surface area contributed by atoms with Gasteiger partial charge in [0.2, 0.25) is 11.8 Å². The van der Waals surface area contributed by atoms with E-state index in [0.717, 1.165) is 30.6 Å². The number of benzene rings is 1. The third-order valence-corrected chi connectivity index (χ3v) is 4.20. The highest BCUT2D eigenvalue weighted by Gasteiger charge is 2.27. The van der Waals surface area contributed by atoms with Crippen molar-refractivity contribution in [3.63, 3.8) is 0 Å². The minimum absolute atomic E-state index is 0. The predicted molar refractivity (Wildman–Crippen MR) is 99.0 cm³/mol. The summed E-state index contributed by atoms with van der Waals surface area (Å²) in [6, 6.07) is 7.04. The van der Waals surface area contributed by atoms with E-state index in [4.69, 9.17) is 5.73 Å². The minimum atomic E-state index is -0.574. The Labute approximate surface area is 150 Å². The van der Waals surface area contributed by atoms with E-state index in [2.05, 4.69) is 5.32 Å². The van der Waals surface area contributed by atoms with Crippen molar-refractivity contribution in [3.05, 3.63) is 29.8 Å².